The van der Waals surface area contributed by atoms with Gasteiger partial charge in [0.05, 0.1) is 12.1 Å². The normalized spacial score (nSPS) is 13.8. The molecule has 13 heteroatoms. The Bertz CT molecular complexity index is 1330. The molecule has 1 heterocycles. The predicted octanol–water partition coefficient (Wildman–Crippen LogP) is 5.60. The number of benzene rings is 3. The lowest BCUT2D eigenvalue weighted by Gasteiger charge is -2.37. The van der Waals surface area contributed by atoms with Crippen molar-refractivity contribution in [2.75, 3.05) is 36.4 Å². The second kappa shape index (κ2) is 13.7. The van der Waals surface area contributed by atoms with Gasteiger partial charge >= 0.3 is 18.1 Å². The van der Waals surface area contributed by atoms with Gasteiger partial charge in [-0.1, -0.05) is 29.8 Å². The van der Waals surface area contributed by atoms with Crippen LogP contribution in [-0.2, 0) is 11.3 Å². The van der Waals surface area contributed by atoms with Gasteiger partial charge in [-0.05, 0) is 60.2 Å². The molecule has 0 aliphatic carbocycles. The molecule has 0 amide bonds. The van der Waals surface area contributed by atoms with Crippen molar-refractivity contribution < 1.29 is 37.4 Å². The number of aliphatic imine (C=N–C) groups is 1. The lowest BCUT2D eigenvalue weighted by molar-refractivity contribution is -0.192. The number of anilines is 2. The van der Waals surface area contributed by atoms with Gasteiger partial charge in [-0.25, -0.2) is 19.0 Å². The summed E-state index contributed by atoms with van der Waals surface area (Å²) in [6, 6.07) is 20.7. The third kappa shape index (κ3) is 9.16. The number of piperazine rings is 1. The molecule has 3 aromatic carbocycles. The van der Waals surface area contributed by atoms with Crippen LogP contribution in [0.4, 0.5) is 28.9 Å². The molecule has 3 aromatic rings. The zero-order valence-corrected chi connectivity index (χ0v) is 21.7. The maximum atomic E-state index is 13.2. The number of carbonyl (C=O) groups is 2. The Morgan fingerprint density at radius 1 is 0.925 bits per heavy atom. The number of carboxylic acids is 2. The lowest BCUT2D eigenvalue weighted by Crippen LogP contribution is -2.50. The summed E-state index contributed by atoms with van der Waals surface area (Å²) in [5, 5.41) is 20.4. The molecule has 0 bridgehead atoms. The zero-order chi connectivity index (χ0) is 29.3. The highest BCUT2D eigenvalue weighted by Gasteiger charge is 2.38. The van der Waals surface area contributed by atoms with Crippen LogP contribution in [-0.4, -0.2) is 65.4 Å². The van der Waals surface area contributed by atoms with Gasteiger partial charge in [0.2, 0.25) is 0 Å². The van der Waals surface area contributed by atoms with Gasteiger partial charge in [-0.15, -0.1) is 0 Å². The van der Waals surface area contributed by atoms with E-state index in [4.69, 9.17) is 26.5 Å². The fourth-order valence-electron chi connectivity index (χ4n) is 3.66. The first-order chi connectivity index (χ1) is 18.9. The van der Waals surface area contributed by atoms with Crippen LogP contribution < -0.4 is 10.2 Å². The summed E-state index contributed by atoms with van der Waals surface area (Å²) >= 11 is 6.01. The molecular formula is C27H25ClF4N4O4. The summed E-state index contributed by atoms with van der Waals surface area (Å²) in [7, 11) is 0. The van der Waals surface area contributed by atoms with E-state index in [1.165, 1.54) is 12.1 Å². The van der Waals surface area contributed by atoms with Crippen molar-refractivity contribution in [2.45, 2.75) is 12.7 Å². The Morgan fingerprint density at radius 2 is 1.52 bits per heavy atom. The smallest absolute Gasteiger partial charge is 0.478 e. The maximum Gasteiger partial charge on any atom is 0.490 e. The van der Waals surface area contributed by atoms with Crippen molar-refractivity contribution in [3.8, 4) is 0 Å². The largest absolute Gasteiger partial charge is 0.490 e. The summed E-state index contributed by atoms with van der Waals surface area (Å²) in [6.45, 7) is 3.44. The van der Waals surface area contributed by atoms with E-state index in [1.807, 2.05) is 30.3 Å². The van der Waals surface area contributed by atoms with E-state index in [1.54, 1.807) is 30.3 Å². The number of aromatic carboxylic acids is 1. The van der Waals surface area contributed by atoms with Crippen LogP contribution >= 0.6 is 11.6 Å². The van der Waals surface area contributed by atoms with Gasteiger partial charge in [-0.2, -0.15) is 13.2 Å². The van der Waals surface area contributed by atoms with Crippen molar-refractivity contribution >= 4 is 40.9 Å². The topological polar surface area (TPSA) is 105 Å². The minimum atomic E-state index is -5.08. The maximum absolute atomic E-state index is 13.2. The van der Waals surface area contributed by atoms with Gasteiger partial charge in [0.1, 0.15) is 5.82 Å². The molecule has 0 spiro atoms. The van der Waals surface area contributed by atoms with E-state index in [2.05, 4.69) is 15.1 Å². The fraction of sp³-hybridized carbons (Fsp3) is 0.222. The van der Waals surface area contributed by atoms with Crippen LogP contribution in [0.25, 0.3) is 0 Å². The molecule has 0 saturated carbocycles. The molecule has 0 unspecified atom stereocenters. The molecule has 0 radical (unpaired) electrons. The SMILES string of the molecule is O=C(O)C(F)(F)F.O=C(O)c1cccc(NC(=NCc2ccc(F)cc2)N2CCN(c3ccc(Cl)cc3)CC2)c1. The van der Waals surface area contributed by atoms with Crippen LogP contribution in [0, 0.1) is 5.82 Å². The first-order valence-corrected chi connectivity index (χ1v) is 12.2. The van der Waals surface area contributed by atoms with Crippen molar-refractivity contribution in [1.29, 1.82) is 0 Å². The van der Waals surface area contributed by atoms with E-state index in [9.17, 15) is 27.5 Å². The summed E-state index contributed by atoms with van der Waals surface area (Å²) in [5.74, 6) is -3.38. The Kier molecular flexibility index (Phi) is 10.3. The Labute approximate surface area is 232 Å². The summed E-state index contributed by atoms with van der Waals surface area (Å²) in [4.78, 5) is 29.4. The zero-order valence-electron chi connectivity index (χ0n) is 20.9. The molecule has 0 aromatic heterocycles. The molecule has 40 heavy (non-hydrogen) atoms. The van der Waals surface area contributed by atoms with Crippen LogP contribution in [0.3, 0.4) is 0 Å². The monoisotopic (exact) mass is 580 g/mol. The molecule has 1 aliphatic rings. The van der Waals surface area contributed by atoms with Crippen LogP contribution in [0.15, 0.2) is 77.8 Å². The number of aliphatic carboxylic acids is 1. The number of alkyl halides is 3. The quantitative estimate of drug-likeness (QED) is 0.205. The molecule has 0 atom stereocenters. The standard InChI is InChI=1S/C25H24ClFN4O2.C2HF3O2/c26-20-6-10-23(11-7-20)30-12-14-31(15-13-30)25(28-17-18-4-8-21(27)9-5-18)29-22-3-1-2-19(16-22)24(32)33;3-2(4,5)1(6)7/h1-11,16H,12-15,17H2,(H,28,29)(H,32,33);(H,6,7). The highest BCUT2D eigenvalue weighted by molar-refractivity contribution is 6.30. The van der Waals surface area contributed by atoms with E-state index in [0.717, 1.165) is 37.4 Å². The average Bonchev–Trinajstić information content (AvgIpc) is 2.92. The van der Waals surface area contributed by atoms with Crippen LogP contribution in [0.1, 0.15) is 15.9 Å². The number of halogens is 5. The van der Waals surface area contributed by atoms with Crippen molar-refractivity contribution in [2.24, 2.45) is 4.99 Å². The van der Waals surface area contributed by atoms with E-state index < -0.39 is 18.1 Å². The molecule has 1 fully saturated rings. The van der Waals surface area contributed by atoms with Crippen LogP contribution in [0.5, 0.6) is 0 Å². The van der Waals surface area contributed by atoms with Crippen molar-refractivity contribution in [3.63, 3.8) is 0 Å². The fourth-order valence-corrected chi connectivity index (χ4v) is 3.79. The van der Waals surface area contributed by atoms with Gasteiger partial charge < -0.3 is 25.3 Å². The molecule has 8 nitrogen and oxygen atoms in total. The highest BCUT2D eigenvalue weighted by atomic mass is 35.5. The first-order valence-electron chi connectivity index (χ1n) is 11.9. The average molecular weight is 581 g/mol. The van der Waals surface area contributed by atoms with Gasteiger partial charge in [0, 0.05) is 42.6 Å². The summed E-state index contributed by atoms with van der Waals surface area (Å²) in [6.07, 6.45) is -5.08. The Balaban J connectivity index is 0.000000559. The van der Waals surface area contributed by atoms with Crippen molar-refractivity contribution in [1.82, 2.24) is 4.90 Å². The summed E-state index contributed by atoms with van der Waals surface area (Å²) in [5.41, 5.74) is 2.85. The number of hydrogen-bond acceptors (Lipinski definition) is 4. The third-order valence-corrected chi connectivity index (χ3v) is 5.96. The van der Waals surface area contributed by atoms with E-state index in [0.29, 0.717) is 23.2 Å². The number of nitrogens with one attached hydrogen (secondary N) is 1. The van der Waals surface area contributed by atoms with Gasteiger partial charge in [0.25, 0.3) is 0 Å². The second-order valence-electron chi connectivity index (χ2n) is 8.53. The molecule has 1 aliphatic heterocycles. The predicted molar refractivity (Wildman–Crippen MR) is 143 cm³/mol. The lowest BCUT2D eigenvalue weighted by atomic mass is 10.2. The number of hydrogen-bond donors (Lipinski definition) is 3. The molecule has 4 rings (SSSR count). The molecule has 212 valence electrons. The third-order valence-electron chi connectivity index (χ3n) is 5.70. The van der Waals surface area contributed by atoms with E-state index in [-0.39, 0.29) is 11.4 Å². The molecular weight excluding hydrogens is 556 g/mol. The highest BCUT2D eigenvalue weighted by Crippen LogP contribution is 2.20. The minimum Gasteiger partial charge on any atom is -0.478 e. The van der Waals surface area contributed by atoms with Crippen molar-refractivity contribution in [3.05, 3.63) is 94.8 Å². The number of rotatable bonds is 5. The van der Waals surface area contributed by atoms with Gasteiger partial charge in [-0.3, -0.25) is 0 Å². The minimum absolute atomic E-state index is 0.199. The van der Waals surface area contributed by atoms with E-state index >= 15 is 0 Å². The summed E-state index contributed by atoms with van der Waals surface area (Å²) < 4.78 is 45.0. The van der Waals surface area contributed by atoms with Gasteiger partial charge in [0.15, 0.2) is 5.96 Å². The van der Waals surface area contributed by atoms with Crippen LogP contribution in [0.2, 0.25) is 5.02 Å². The second-order valence-corrected chi connectivity index (χ2v) is 8.97. The Hall–Kier alpha value is -4.32. The number of nitrogens with zero attached hydrogens (tertiary/aromatic N) is 3. The number of carboxylic acid groups (broad SMARTS) is 2. The Morgan fingerprint density at radius 3 is 2.08 bits per heavy atom. The molecule has 3 N–H and O–H groups in total. The first kappa shape index (κ1) is 30.2. The number of guanidine groups is 1. The molecule has 1 saturated heterocycles.